The number of thiophene rings is 1. The summed E-state index contributed by atoms with van der Waals surface area (Å²) < 4.78 is 40.1. The van der Waals surface area contributed by atoms with Gasteiger partial charge in [0.05, 0.1) is 6.04 Å². The Morgan fingerprint density at radius 2 is 1.73 bits per heavy atom. The van der Waals surface area contributed by atoms with Gasteiger partial charge in [0.1, 0.15) is 17.5 Å². The molecule has 1 heterocycles. The van der Waals surface area contributed by atoms with Gasteiger partial charge < -0.3 is 5.32 Å². The first-order valence-electron chi connectivity index (χ1n) is 8.05. The smallest absolute Gasteiger partial charge is 0.221 e. The van der Waals surface area contributed by atoms with E-state index in [1.165, 1.54) is 23.5 Å². The van der Waals surface area contributed by atoms with Crippen LogP contribution in [0, 0.1) is 17.5 Å². The minimum absolute atomic E-state index is 0.0173. The number of halogens is 3. The second-order valence-corrected chi connectivity index (χ2v) is 6.78. The Hall–Kier alpha value is -2.60. The summed E-state index contributed by atoms with van der Waals surface area (Å²) >= 11 is 1.47. The molecular formula is C20H16F3NOS. The van der Waals surface area contributed by atoms with Gasteiger partial charge in [-0.2, -0.15) is 0 Å². The summed E-state index contributed by atoms with van der Waals surface area (Å²) in [5.74, 6) is -1.72. The largest absolute Gasteiger partial charge is 0.344 e. The third kappa shape index (κ3) is 4.52. The molecule has 6 heteroatoms. The minimum Gasteiger partial charge on any atom is -0.344 e. The van der Waals surface area contributed by atoms with Gasteiger partial charge in [-0.3, -0.25) is 4.79 Å². The summed E-state index contributed by atoms with van der Waals surface area (Å²) in [5, 5.41) is 4.78. The van der Waals surface area contributed by atoms with E-state index in [1.54, 1.807) is 12.1 Å². The Bertz CT molecular complexity index is 879. The fourth-order valence-corrected chi connectivity index (χ4v) is 3.45. The maximum atomic E-state index is 13.7. The van der Waals surface area contributed by atoms with Crippen LogP contribution < -0.4 is 5.32 Å². The molecule has 0 saturated heterocycles. The molecule has 0 saturated carbocycles. The highest BCUT2D eigenvalue weighted by Gasteiger charge is 2.18. The number of carbonyl (C=O) groups is 1. The monoisotopic (exact) mass is 375 g/mol. The van der Waals surface area contributed by atoms with Gasteiger partial charge in [-0.05, 0) is 59.3 Å². The van der Waals surface area contributed by atoms with Gasteiger partial charge >= 0.3 is 0 Å². The minimum atomic E-state index is -0.537. The van der Waals surface area contributed by atoms with E-state index in [-0.39, 0.29) is 30.1 Å². The van der Waals surface area contributed by atoms with Gasteiger partial charge in [0.25, 0.3) is 0 Å². The van der Waals surface area contributed by atoms with E-state index >= 15 is 0 Å². The van der Waals surface area contributed by atoms with Gasteiger partial charge in [-0.25, -0.2) is 13.2 Å². The molecule has 1 aromatic heterocycles. The van der Waals surface area contributed by atoms with E-state index in [0.29, 0.717) is 0 Å². The molecule has 26 heavy (non-hydrogen) atoms. The van der Waals surface area contributed by atoms with E-state index in [4.69, 9.17) is 0 Å². The van der Waals surface area contributed by atoms with Crippen LogP contribution >= 0.6 is 11.3 Å². The molecule has 3 aromatic rings. The molecule has 1 amide bonds. The molecule has 0 aliphatic rings. The molecule has 1 atom stereocenters. The van der Waals surface area contributed by atoms with Crippen molar-refractivity contribution in [2.75, 3.05) is 0 Å². The van der Waals surface area contributed by atoms with Crippen LogP contribution in [0.2, 0.25) is 0 Å². The first-order valence-corrected chi connectivity index (χ1v) is 8.93. The fraction of sp³-hybridized carbons (Fsp3) is 0.150. The highest BCUT2D eigenvalue weighted by molar-refractivity contribution is 7.10. The number of hydrogen-bond donors (Lipinski definition) is 1. The van der Waals surface area contributed by atoms with Crippen LogP contribution in [-0.2, 0) is 11.2 Å². The molecule has 1 unspecified atom stereocenters. The van der Waals surface area contributed by atoms with E-state index in [0.717, 1.165) is 28.6 Å². The molecule has 2 aromatic carbocycles. The summed E-state index contributed by atoms with van der Waals surface area (Å²) in [4.78, 5) is 13.3. The number of nitrogens with one attached hydrogen (secondary N) is 1. The maximum absolute atomic E-state index is 13.7. The number of carbonyl (C=O) groups excluding carboxylic acids is 1. The van der Waals surface area contributed by atoms with Crippen LogP contribution in [0.25, 0.3) is 0 Å². The molecule has 3 rings (SSSR count). The maximum Gasteiger partial charge on any atom is 0.221 e. The van der Waals surface area contributed by atoms with Gasteiger partial charge in [-0.1, -0.05) is 18.2 Å². The van der Waals surface area contributed by atoms with Gasteiger partial charge in [-0.15, -0.1) is 11.3 Å². The highest BCUT2D eigenvalue weighted by atomic mass is 32.1. The average molecular weight is 375 g/mol. The quantitative estimate of drug-likeness (QED) is 0.645. The topological polar surface area (TPSA) is 29.1 Å². The van der Waals surface area contributed by atoms with Crippen molar-refractivity contribution in [3.8, 4) is 0 Å². The second-order valence-electron chi connectivity index (χ2n) is 5.80. The Balaban J connectivity index is 1.71. The Labute approximate surface area is 153 Å². The second kappa shape index (κ2) is 8.19. The van der Waals surface area contributed by atoms with Crippen molar-refractivity contribution in [1.29, 1.82) is 0 Å². The lowest BCUT2D eigenvalue weighted by Crippen LogP contribution is -2.29. The SMILES string of the molecule is O=C(CCc1cc(F)ccc1F)NC(c1ccc(F)cc1)c1cccs1. The first-order chi connectivity index (χ1) is 12.5. The summed E-state index contributed by atoms with van der Waals surface area (Å²) in [6, 6.07) is 12.4. The Kier molecular flexibility index (Phi) is 5.73. The number of rotatable bonds is 6. The standard InChI is InChI=1S/C20H16F3NOS/c21-15-6-3-13(4-7-15)20(18-2-1-11-26-18)24-19(25)10-5-14-12-16(22)8-9-17(14)23/h1-4,6-9,11-12,20H,5,10H2,(H,24,25). The molecule has 1 N–H and O–H groups in total. The third-order valence-electron chi connectivity index (χ3n) is 3.97. The van der Waals surface area contributed by atoms with E-state index in [2.05, 4.69) is 5.32 Å². The van der Waals surface area contributed by atoms with Crippen LogP contribution in [0.3, 0.4) is 0 Å². The zero-order valence-corrected chi connectivity index (χ0v) is 14.5. The van der Waals surface area contributed by atoms with Crippen LogP contribution in [0.4, 0.5) is 13.2 Å². The molecule has 0 bridgehead atoms. The summed E-state index contributed by atoms with van der Waals surface area (Å²) in [6.07, 6.45) is 0.111. The zero-order chi connectivity index (χ0) is 18.5. The lowest BCUT2D eigenvalue weighted by atomic mass is 10.0. The van der Waals surface area contributed by atoms with E-state index in [9.17, 15) is 18.0 Å². The zero-order valence-electron chi connectivity index (χ0n) is 13.7. The van der Waals surface area contributed by atoms with Crippen molar-refractivity contribution in [3.05, 3.63) is 93.4 Å². The fourth-order valence-electron chi connectivity index (χ4n) is 2.65. The summed E-state index contributed by atoms with van der Waals surface area (Å²) in [7, 11) is 0. The Morgan fingerprint density at radius 1 is 1.00 bits per heavy atom. The van der Waals surface area contributed by atoms with Crippen molar-refractivity contribution in [3.63, 3.8) is 0 Å². The molecule has 0 aliphatic heterocycles. The van der Waals surface area contributed by atoms with Crippen molar-refractivity contribution < 1.29 is 18.0 Å². The van der Waals surface area contributed by atoms with Crippen LogP contribution in [0.15, 0.2) is 60.0 Å². The number of hydrogen-bond acceptors (Lipinski definition) is 2. The molecule has 2 nitrogen and oxygen atoms in total. The van der Waals surface area contributed by atoms with Gasteiger partial charge in [0.2, 0.25) is 5.91 Å². The lowest BCUT2D eigenvalue weighted by Gasteiger charge is -2.18. The molecule has 0 spiro atoms. The molecule has 134 valence electrons. The van der Waals surface area contributed by atoms with E-state index in [1.807, 2.05) is 17.5 Å². The normalized spacial score (nSPS) is 12.0. The number of aryl methyl sites for hydroxylation is 1. The Morgan fingerprint density at radius 3 is 2.42 bits per heavy atom. The van der Waals surface area contributed by atoms with Gasteiger partial charge in [0.15, 0.2) is 0 Å². The molecule has 0 radical (unpaired) electrons. The summed E-state index contributed by atoms with van der Waals surface area (Å²) in [6.45, 7) is 0. The first kappa shape index (κ1) is 18.2. The third-order valence-corrected chi connectivity index (χ3v) is 4.90. The summed E-state index contributed by atoms with van der Waals surface area (Å²) in [5.41, 5.74) is 0.911. The van der Waals surface area contributed by atoms with Crippen molar-refractivity contribution in [2.45, 2.75) is 18.9 Å². The van der Waals surface area contributed by atoms with Crippen LogP contribution in [0.1, 0.15) is 28.5 Å². The molecule has 0 aliphatic carbocycles. The molecule has 0 fully saturated rings. The highest BCUT2D eigenvalue weighted by Crippen LogP contribution is 2.26. The number of amides is 1. The average Bonchev–Trinajstić information content (AvgIpc) is 3.16. The number of benzene rings is 2. The molecular weight excluding hydrogens is 359 g/mol. The van der Waals surface area contributed by atoms with Gasteiger partial charge in [0, 0.05) is 11.3 Å². The van der Waals surface area contributed by atoms with Crippen LogP contribution in [-0.4, -0.2) is 5.91 Å². The van der Waals surface area contributed by atoms with E-state index < -0.39 is 17.7 Å². The van der Waals surface area contributed by atoms with Crippen LogP contribution in [0.5, 0.6) is 0 Å². The lowest BCUT2D eigenvalue weighted by molar-refractivity contribution is -0.121. The van der Waals surface area contributed by atoms with Crippen molar-refractivity contribution in [1.82, 2.24) is 5.32 Å². The van der Waals surface area contributed by atoms with Crippen molar-refractivity contribution in [2.24, 2.45) is 0 Å². The van der Waals surface area contributed by atoms with Crippen molar-refractivity contribution >= 4 is 17.2 Å². The predicted molar refractivity (Wildman–Crippen MR) is 95.4 cm³/mol. The predicted octanol–water partition coefficient (Wildman–Crippen LogP) is 5.00.